The van der Waals surface area contributed by atoms with Gasteiger partial charge >= 0.3 is 12.3 Å². The molecule has 1 aromatic rings. The number of rotatable bonds is 5. The Balaban J connectivity index is 2.66. The average Bonchev–Trinajstić information content (AvgIpc) is 2.39. The number of anilines is 1. The van der Waals surface area contributed by atoms with Crippen molar-refractivity contribution in [3.63, 3.8) is 0 Å². The average molecular weight is 368 g/mol. The predicted molar refractivity (Wildman–Crippen MR) is 75.1 cm³/mol. The molecule has 1 rings (SSSR count). The van der Waals surface area contributed by atoms with Crippen molar-refractivity contribution in [2.24, 2.45) is 0 Å². The van der Waals surface area contributed by atoms with E-state index >= 15 is 0 Å². The van der Waals surface area contributed by atoms with Crippen LogP contribution in [-0.4, -0.2) is 26.0 Å². The molecule has 116 valence electrons. The molecule has 0 aliphatic heterocycles. The molecule has 0 aliphatic rings. The summed E-state index contributed by atoms with van der Waals surface area (Å²) in [6.45, 7) is 1.93. The first-order chi connectivity index (χ1) is 9.73. The zero-order chi connectivity index (χ0) is 16.0. The van der Waals surface area contributed by atoms with Crippen LogP contribution >= 0.6 is 15.9 Å². The van der Waals surface area contributed by atoms with Crippen LogP contribution in [0, 0.1) is 0 Å². The summed E-state index contributed by atoms with van der Waals surface area (Å²) in [5, 5.41) is 2.93. The Morgan fingerprint density at radius 1 is 1.43 bits per heavy atom. The van der Waals surface area contributed by atoms with Crippen LogP contribution in [0.15, 0.2) is 34.3 Å². The van der Waals surface area contributed by atoms with Gasteiger partial charge in [-0.2, -0.15) is 0 Å². The second kappa shape index (κ2) is 7.35. The van der Waals surface area contributed by atoms with Gasteiger partial charge < -0.3 is 14.8 Å². The van der Waals surface area contributed by atoms with Crippen molar-refractivity contribution in [3.8, 4) is 5.75 Å². The van der Waals surface area contributed by atoms with Gasteiger partial charge in [0.05, 0.1) is 11.6 Å². The van der Waals surface area contributed by atoms with Crippen LogP contribution in [-0.2, 0) is 9.53 Å². The summed E-state index contributed by atoms with van der Waals surface area (Å²) >= 11 is 3.00. The Morgan fingerprint density at radius 3 is 2.62 bits per heavy atom. The van der Waals surface area contributed by atoms with Gasteiger partial charge in [0.25, 0.3) is 0 Å². The Kier molecular flexibility index (Phi) is 6.07. The summed E-state index contributed by atoms with van der Waals surface area (Å²) in [5.41, 5.74) is 1.01. The highest BCUT2D eigenvalue weighted by Crippen LogP contribution is 2.32. The lowest BCUT2D eigenvalue weighted by Gasteiger charge is -2.12. The van der Waals surface area contributed by atoms with Crippen LogP contribution in [0.25, 0.3) is 0 Å². The standard InChI is InChI=1S/C13H13BrF3NO3/c1-8(12(19)20-2)5-6-18-9-3-4-11(10(14)7-9)21-13(15,16)17/h3-5,7,18H,6H2,1-2H3/b8-5+. The SMILES string of the molecule is COC(=O)/C(C)=C/CNc1ccc(OC(F)(F)F)c(Br)c1. The Labute approximate surface area is 128 Å². The topological polar surface area (TPSA) is 47.6 Å². The van der Waals surface area contributed by atoms with Crippen molar-refractivity contribution in [1.29, 1.82) is 0 Å². The maximum absolute atomic E-state index is 12.1. The van der Waals surface area contributed by atoms with Crippen molar-refractivity contribution >= 4 is 27.6 Å². The van der Waals surface area contributed by atoms with Gasteiger partial charge in [0.1, 0.15) is 5.75 Å². The van der Waals surface area contributed by atoms with E-state index in [0.29, 0.717) is 17.8 Å². The number of alkyl halides is 3. The van der Waals surface area contributed by atoms with Crippen molar-refractivity contribution in [1.82, 2.24) is 0 Å². The highest BCUT2D eigenvalue weighted by atomic mass is 79.9. The lowest BCUT2D eigenvalue weighted by molar-refractivity contribution is -0.274. The summed E-state index contributed by atoms with van der Waals surface area (Å²) in [6.07, 6.45) is -3.13. The summed E-state index contributed by atoms with van der Waals surface area (Å²) < 4.78 is 44.9. The van der Waals surface area contributed by atoms with Crippen LogP contribution in [0.1, 0.15) is 6.92 Å². The van der Waals surface area contributed by atoms with Crippen LogP contribution in [0.4, 0.5) is 18.9 Å². The number of carbonyl (C=O) groups excluding carboxylic acids is 1. The molecule has 0 saturated heterocycles. The minimum Gasteiger partial charge on any atom is -0.466 e. The van der Waals surface area contributed by atoms with Crippen molar-refractivity contribution in [3.05, 3.63) is 34.3 Å². The molecule has 1 N–H and O–H groups in total. The van der Waals surface area contributed by atoms with Crippen molar-refractivity contribution < 1.29 is 27.4 Å². The molecule has 0 amide bonds. The van der Waals surface area contributed by atoms with Crippen LogP contribution in [0.5, 0.6) is 5.75 Å². The number of ether oxygens (including phenoxy) is 2. The molecule has 1 aromatic carbocycles. The summed E-state index contributed by atoms with van der Waals surface area (Å²) in [4.78, 5) is 11.1. The highest BCUT2D eigenvalue weighted by Gasteiger charge is 2.31. The molecule has 4 nitrogen and oxygen atoms in total. The number of esters is 1. The monoisotopic (exact) mass is 367 g/mol. The molecule has 0 heterocycles. The molecule has 0 saturated carbocycles. The van der Waals surface area contributed by atoms with Crippen molar-refractivity contribution in [2.75, 3.05) is 19.0 Å². The molecule has 0 radical (unpaired) electrons. The zero-order valence-corrected chi connectivity index (χ0v) is 12.8. The van der Waals surface area contributed by atoms with Crippen molar-refractivity contribution in [2.45, 2.75) is 13.3 Å². The molecule has 0 aliphatic carbocycles. The number of methoxy groups -OCH3 is 1. The zero-order valence-electron chi connectivity index (χ0n) is 11.3. The molecule has 0 unspecified atom stereocenters. The van der Waals surface area contributed by atoms with Gasteiger partial charge in [-0.3, -0.25) is 0 Å². The fourth-order valence-corrected chi connectivity index (χ4v) is 1.84. The van der Waals surface area contributed by atoms with Crippen LogP contribution in [0.2, 0.25) is 0 Å². The van der Waals surface area contributed by atoms with E-state index in [1.165, 1.54) is 25.3 Å². The second-order valence-electron chi connectivity index (χ2n) is 3.95. The highest BCUT2D eigenvalue weighted by molar-refractivity contribution is 9.10. The van der Waals surface area contributed by atoms with E-state index in [-0.39, 0.29) is 10.2 Å². The summed E-state index contributed by atoms with van der Waals surface area (Å²) in [5.74, 6) is -0.763. The fourth-order valence-electron chi connectivity index (χ4n) is 1.38. The van der Waals surface area contributed by atoms with E-state index in [2.05, 4.69) is 30.7 Å². The van der Waals surface area contributed by atoms with E-state index in [4.69, 9.17) is 0 Å². The first-order valence-electron chi connectivity index (χ1n) is 5.77. The Hall–Kier alpha value is -1.70. The number of halogens is 4. The molecule has 8 heteroatoms. The van der Waals surface area contributed by atoms with Gasteiger partial charge in [0.2, 0.25) is 0 Å². The van der Waals surface area contributed by atoms with Gasteiger partial charge in [-0.1, -0.05) is 6.08 Å². The lowest BCUT2D eigenvalue weighted by atomic mass is 10.2. The van der Waals surface area contributed by atoms with E-state index in [0.717, 1.165) is 0 Å². The number of hydrogen-bond acceptors (Lipinski definition) is 4. The molecule has 0 aromatic heterocycles. The predicted octanol–water partition coefficient (Wildman–Crippen LogP) is 3.88. The quantitative estimate of drug-likeness (QED) is 0.633. The van der Waals surface area contributed by atoms with Crippen LogP contribution in [0.3, 0.4) is 0 Å². The summed E-state index contributed by atoms with van der Waals surface area (Å²) in [6, 6.07) is 4.08. The molecular weight excluding hydrogens is 355 g/mol. The van der Waals surface area contributed by atoms with E-state index in [1.54, 1.807) is 13.0 Å². The third-order valence-corrected chi connectivity index (χ3v) is 3.00. The van der Waals surface area contributed by atoms with Gasteiger partial charge in [-0.05, 0) is 41.1 Å². The molecule has 0 fully saturated rings. The molecule has 0 atom stereocenters. The first-order valence-corrected chi connectivity index (χ1v) is 6.56. The third kappa shape index (κ3) is 6.07. The maximum atomic E-state index is 12.1. The normalized spacial score (nSPS) is 12.0. The largest absolute Gasteiger partial charge is 0.573 e. The number of benzene rings is 1. The molecule has 0 bridgehead atoms. The Morgan fingerprint density at radius 2 is 2.10 bits per heavy atom. The third-order valence-electron chi connectivity index (χ3n) is 2.38. The smallest absolute Gasteiger partial charge is 0.466 e. The molecule has 0 spiro atoms. The van der Waals surface area contributed by atoms with Gasteiger partial charge in [-0.15, -0.1) is 13.2 Å². The second-order valence-corrected chi connectivity index (χ2v) is 4.81. The maximum Gasteiger partial charge on any atom is 0.573 e. The van der Waals surface area contributed by atoms with Gasteiger partial charge in [0.15, 0.2) is 0 Å². The van der Waals surface area contributed by atoms with E-state index in [1.807, 2.05) is 0 Å². The van der Waals surface area contributed by atoms with Crippen LogP contribution < -0.4 is 10.1 Å². The number of hydrogen-bond donors (Lipinski definition) is 1. The Bertz CT molecular complexity index is 544. The minimum atomic E-state index is -4.74. The van der Waals surface area contributed by atoms with Gasteiger partial charge in [0, 0.05) is 17.8 Å². The molecule has 21 heavy (non-hydrogen) atoms. The van der Waals surface area contributed by atoms with E-state index in [9.17, 15) is 18.0 Å². The van der Waals surface area contributed by atoms with E-state index < -0.39 is 12.3 Å². The van der Waals surface area contributed by atoms with Gasteiger partial charge in [-0.25, -0.2) is 4.79 Å². The number of carbonyl (C=O) groups is 1. The number of nitrogens with one attached hydrogen (secondary N) is 1. The first kappa shape index (κ1) is 17.4. The summed E-state index contributed by atoms with van der Waals surface area (Å²) in [7, 11) is 1.28. The lowest BCUT2D eigenvalue weighted by Crippen LogP contribution is -2.17. The molecular formula is C13H13BrF3NO3. The fraction of sp³-hybridized carbons (Fsp3) is 0.308. The minimum absolute atomic E-state index is 0.165.